The maximum atomic E-state index is 13.4. The maximum Gasteiger partial charge on any atom is 0.148 e. The lowest BCUT2D eigenvalue weighted by atomic mass is 10.1. The summed E-state index contributed by atoms with van der Waals surface area (Å²) in [6.45, 7) is 1.52. The molecule has 5 rings (SSSR count). The van der Waals surface area contributed by atoms with Crippen LogP contribution in [-0.2, 0) is 23.0 Å². The van der Waals surface area contributed by atoms with Crippen molar-refractivity contribution in [1.82, 2.24) is 5.32 Å². The zero-order valence-electron chi connectivity index (χ0n) is 21.7. The molecule has 40 heavy (non-hydrogen) atoms. The van der Waals surface area contributed by atoms with Crippen LogP contribution in [0.2, 0.25) is 5.02 Å². The standard InChI is InChI=1S/C29H28ClFN4O4S/c1-40(36,37)14-12-32-18-24-7-10-28(39-24)21-5-8-26-27(16-21)35(13-11-33-26)34-23-6-9-29(25(30)17-23)38-19-20-3-2-4-22(31)15-20/h2-11,15-17,32,34H,12-14,18-19H2,1H3. The normalized spacial score (nSPS) is 12.8. The summed E-state index contributed by atoms with van der Waals surface area (Å²) in [5.74, 6) is 1.67. The largest absolute Gasteiger partial charge is 0.487 e. The number of hydrazine groups is 1. The number of nitrogens with one attached hydrogen (secondary N) is 2. The van der Waals surface area contributed by atoms with E-state index in [1.165, 1.54) is 18.4 Å². The highest BCUT2D eigenvalue weighted by atomic mass is 35.5. The first-order valence-corrected chi connectivity index (χ1v) is 15.0. The molecule has 0 atom stereocenters. The van der Waals surface area contributed by atoms with E-state index in [0.29, 0.717) is 47.5 Å². The lowest BCUT2D eigenvalue weighted by Crippen LogP contribution is -2.33. The quantitative estimate of drug-likeness (QED) is 0.209. The van der Waals surface area contributed by atoms with Crippen LogP contribution in [0.5, 0.6) is 5.75 Å². The van der Waals surface area contributed by atoms with Gasteiger partial charge in [-0.05, 0) is 66.2 Å². The number of halogens is 2. The molecule has 0 saturated carbocycles. The minimum absolute atomic E-state index is 0.0740. The highest BCUT2D eigenvalue weighted by Crippen LogP contribution is 2.37. The zero-order chi connectivity index (χ0) is 28.1. The summed E-state index contributed by atoms with van der Waals surface area (Å²) in [7, 11) is -3.01. The van der Waals surface area contributed by atoms with E-state index in [2.05, 4.69) is 15.7 Å². The van der Waals surface area contributed by atoms with Gasteiger partial charge in [0.2, 0.25) is 0 Å². The molecule has 3 aromatic carbocycles. The van der Waals surface area contributed by atoms with Gasteiger partial charge in [-0.1, -0.05) is 23.7 Å². The van der Waals surface area contributed by atoms with E-state index in [1.54, 1.807) is 24.3 Å². The Balaban J connectivity index is 1.25. The summed E-state index contributed by atoms with van der Waals surface area (Å²) in [4.78, 5) is 4.52. The molecule has 1 aliphatic heterocycles. The van der Waals surface area contributed by atoms with Crippen LogP contribution < -0.4 is 20.5 Å². The van der Waals surface area contributed by atoms with Gasteiger partial charge in [-0.2, -0.15) is 0 Å². The summed E-state index contributed by atoms with van der Waals surface area (Å²) in [6, 6.07) is 21.3. The fourth-order valence-corrected chi connectivity index (χ4v) is 4.91. The summed E-state index contributed by atoms with van der Waals surface area (Å²) in [5, 5.41) is 5.47. The number of sulfone groups is 1. The minimum atomic E-state index is -3.01. The van der Waals surface area contributed by atoms with Crippen molar-refractivity contribution < 1.29 is 22.0 Å². The molecular formula is C29H28ClFN4O4S. The molecule has 11 heteroatoms. The molecule has 8 nitrogen and oxygen atoms in total. The second kappa shape index (κ2) is 12.1. The Labute approximate surface area is 237 Å². The van der Waals surface area contributed by atoms with Crippen LogP contribution in [-0.4, -0.2) is 39.7 Å². The van der Waals surface area contributed by atoms with E-state index < -0.39 is 9.84 Å². The second-order valence-corrected chi connectivity index (χ2v) is 12.0. The molecule has 0 aliphatic carbocycles. The maximum absolute atomic E-state index is 13.4. The molecule has 0 amide bonds. The molecular weight excluding hydrogens is 555 g/mol. The lowest BCUT2D eigenvalue weighted by Gasteiger charge is -2.29. The van der Waals surface area contributed by atoms with Crippen LogP contribution >= 0.6 is 11.6 Å². The Bertz CT molecular complexity index is 1640. The first-order valence-electron chi connectivity index (χ1n) is 12.6. The summed E-state index contributed by atoms with van der Waals surface area (Å²) in [5.41, 5.74) is 7.40. The number of benzene rings is 3. The highest BCUT2D eigenvalue weighted by Gasteiger charge is 2.17. The second-order valence-electron chi connectivity index (χ2n) is 9.37. The van der Waals surface area contributed by atoms with Crippen LogP contribution in [0.4, 0.5) is 21.5 Å². The number of nitrogens with zero attached hydrogens (tertiary/aromatic N) is 2. The molecule has 0 saturated heterocycles. The number of hydrogen-bond acceptors (Lipinski definition) is 8. The van der Waals surface area contributed by atoms with Crippen molar-refractivity contribution in [2.75, 3.05) is 35.5 Å². The Morgan fingerprint density at radius 2 is 1.98 bits per heavy atom. The van der Waals surface area contributed by atoms with Gasteiger partial charge in [0.15, 0.2) is 0 Å². The number of hydrogen-bond donors (Lipinski definition) is 2. The van der Waals surface area contributed by atoms with Gasteiger partial charge in [0.1, 0.15) is 39.5 Å². The van der Waals surface area contributed by atoms with Gasteiger partial charge in [0.05, 0.1) is 40.9 Å². The lowest BCUT2D eigenvalue weighted by molar-refractivity contribution is 0.306. The van der Waals surface area contributed by atoms with Crippen LogP contribution in [0.1, 0.15) is 11.3 Å². The predicted molar refractivity (Wildman–Crippen MR) is 157 cm³/mol. The first kappa shape index (κ1) is 27.7. The van der Waals surface area contributed by atoms with E-state index in [0.717, 1.165) is 22.6 Å². The summed E-state index contributed by atoms with van der Waals surface area (Å²) < 4.78 is 47.8. The summed E-state index contributed by atoms with van der Waals surface area (Å²) in [6.07, 6.45) is 3.04. The van der Waals surface area contributed by atoms with E-state index in [4.69, 9.17) is 20.8 Å². The molecule has 208 valence electrons. The third-order valence-electron chi connectivity index (χ3n) is 6.14. The van der Waals surface area contributed by atoms with Gasteiger partial charge in [-0.15, -0.1) is 0 Å². The molecule has 0 bridgehead atoms. The monoisotopic (exact) mass is 582 g/mol. The molecule has 2 heterocycles. The smallest absolute Gasteiger partial charge is 0.148 e. The number of aliphatic imine (C=N–C) groups is 1. The van der Waals surface area contributed by atoms with Crippen molar-refractivity contribution in [2.24, 2.45) is 4.99 Å². The molecule has 0 spiro atoms. The van der Waals surface area contributed by atoms with Crippen molar-refractivity contribution in [2.45, 2.75) is 13.2 Å². The van der Waals surface area contributed by atoms with Gasteiger partial charge < -0.3 is 14.5 Å². The predicted octanol–water partition coefficient (Wildman–Crippen LogP) is 6.00. The fraction of sp³-hybridized carbons (Fsp3) is 0.207. The van der Waals surface area contributed by atoms with Crippen molar-refractivity contribution in [3.8, 4) is 17.1 Å². The Morgan fingerprint density at radius 1 is 1.10 bits per heavy atom. The van der Waals surface area contributed by atoms with Gasteiger partial charge in [0, 0.05) is 24.6 Å². The van der Waals surface area contributed by atoms with E-state index in [9.17, 15) is 12.8 Å². The SMILES string of the molecule is CS(=O)(=O)CCNCc1ccc(-c2ccc3c(c2)N(Nc2ccc(OCc4cccc(F)c4)c(Cl)c2)CC=N3)o1. The van der Waals surface area contributed by atoms with Crippen LogP contribution in [0.25, 0.3) is 11.3 Å². The van der Waals surface area contributed by atoms with E-state index in [1.807, 2.05) is 47.6 Å². The molecule has 1 aromatic heterocycles. The van der Waals surface area contributed by atoms with E-state index >= 15 is 0 Å². The Morgan fingerprint density at radius 3 is 2.77 bits per heavy atom. The Hall–Kier alpha value is -3.86. The van der Waals surface area contributed by atoms with Crippen LogP contribution in [0, 0.1) is 5.82 Å². The summed E-state index contributed by atoms with van der Waals surface area (Å²) >= 11 is 6.49. The molecule has 4 aromatic rings. The van der Waals surface area contributed by atoms with Gasteiger partial charge in [0.25, 0.3) is 0 Å². The third-order valence-corrected chi connectivity index (χ3v) is 7.38. The Kier molecular flexibility index (Phi) is 8.39. The van der Waals surface area contributed by atoms with Gasteiger partial charge in [-0.3, -0.25) is 15.4 Å². The average molecular weight is 583 g/mol. The average Bonchev–Trinajstić information content (AvgIpc) is 3.39. The van der Waals surface area contributed by atoms with Gasteiger partial charge >= 0.3 is 0 Å². The van der Waals surface area contributed by atoms with E-state index in [-0.39, 0.29) is 18.2 Å². The highest BCUT2D eigenvalue weighted by molar-refractivity contribution is 7.90. The topological polar surface area (TPSA) is 96.2 Å². The molecule has 0 fully saturated rings. The van der Waals surface area contributed by atoms with Crippen molar-refractivity contribution in [3.63, 3.8) is 0 Å². The minimum Gasteiger partial charge on any atom is -0.487 e. The van der Waals surface area contributed by atoms with Crippen molar-refractivity contribution in [1.29, 1.82) is 0 Å². The number of rotatable bonds is 11. The van der Waals surface area contributed by atoms with Crippen molar-refractivity contribution in [3.05, 3.63) is 95.0 Å². The fourth-order valence-electron chi connectivity index (χ4n) is 4.16. The molecule has 0 radical (unpaired) electrons. The van der Waals surface area contributed by atoms with Crippen LogP contribution in [0.15, 0.2) is 82.2 Å². The number of furan rings is 1. The zero-order valence-corrected chi connectivity index (χ0v) is 23.3. The number of fused-ring (bicyclic) bond motifs is 1. The molecule has 2 N–H and O–H groups in total. The molecule has 1 aliphatic rings. The number of anilines is 2. The third kappa shape index (κ3) is 7.20. The van der Waals surface area contributed by atoms with Crippen LogP contribution in [0.3, 0.4) is 0 Å². The van der Waals surface area contributed by atoms with Gasteiger partial charge in [-0.25, -0.2) is 12.8 Å². The number of ether oxygens (including phenoxy) is 1. The molecule has 0 unspecified atom stereocenters. The van der Waals surface area contributed by atoms with Crippen molar-refractivity contribution >= 4 is 44.7 Å². The first-order chi connectivity index (χ1) is 19.2.